The van der Waals surface area contributed by atoms with Gasteiger partial charge in [0.05, 0.1) is 12.2 Å². The summed E-state index contributed by atoms with van der Waals surface area (Å²) < 4.78 is 4.89. The lowest BCUT2D eigenvalue weighted by atomic mass is 10.2. The van der Waals surface area contributed by atoms with E-state index in [-0.39, 0.29) is 12.2 Å². The third-order valence-corrected chi connectivity index (χ3v) is 0.878. The second-order valence-corrected chi connectivity index (χ2v) is 3.26. The number of esters is 1. The zero-order chi connectivity index (χ0) is 9.07. The molecule has 0 unspecified atom stereocenters. The monoisotopic (exact) mass is 158 g/mol. The van der Waals surface area contributed by atoms with E-state index >= 15 is 0 Å². The van der Waals surface area contributed by atoms with Gasteiger partial charge in [0.1, 0.15) is 5.60 Å². The molecular weight excluding hydrogens is 144 g/mol. The summed E-state index contributed by atoms with van der Waals surface area (Å²) >= 11 is 0. The van der Waals surface area contributed by atoms with Gasteiger partial charge >= 0.3 is 5.97 Å². The van der Waals surface area contributed by atoms with Crippen molar-refractivity contribution in [3.05, 3.63) is 12.2 Å². The van der Waals surface area contributed by atoms with Crippen LogP contribution < -0.4 is 0 Å². The maximum atomic E-state index is 10.9. The van der Waals surface area contributed by atoms with Crippen LogP contribution in [0.1, 0.15) is 20.8 Å². The molecule has 0 aromatic rings. The maximum absolute atomic E-state index is 10.9. The zero-order valence-corrected chi connectivity index (χ0v) is 7.18. The molecule has 11 heavy (non-hydrogen) atoms. The number of aliphatic hydroxyl groups is 1. The molecule has 0 radical (unpaired) electrons. The van der Waals surface area contributed by atoms with Gasteiger partial charge in [-0.1, -0.05) is 6.58 Å². The third kappa shape index (κ3) is 4.56. The molecular formula is C8H14O3. The number of hydrogen-bond acceptors (Lipinski definition) is 3. The highest BCUT2D eigenvalue weighted by Crippen LogP contribution is 2.09. The van der Waals surface area contributed by atoms with Gasteiger partial charge in [0.15, 0.2) is 0 Å². The molecule has 64 valence electrons. The second-order valence-electron chi connectivity index (χ2n) is 3.26. The molecule has 0 aromatic heterocycles. The smallest absolute Gasteiger partial charge is 0.336 e. The van der Waals surface area contributed by atoms with Gasteiger partial charge in [-0.3, -0.25) is 0 Å². The first kappa shape index (κ1) is 10.2. The predicted molar refractivity (Wildman–Crippen MR) is 42.1 cm³/mol. The highest BCUT2D eigenvalue weighted by Gasteiger charge is 2.17. The highest BCUT2D eigenvalue weighted by atomic mass is 16.6. The largest absolute Gasteiger partial charge is 0.457 e. The second kappa shape index (κ2) is 3.53. The van der Waals surface area contributed by atoms with Crippen molar-refractivity contribution in [1.29, 1.82) is 0 Å². The average Bonchev–Trinajstić information content (AvgIpc) is 1.82. The summed E-state index contributed by atoms with van der Waals surface area (Å²) in [7, 11) is 0. The number of aliphatic hydroxyl groups excluding tert-OH is 1. The Kier molecular flexibility index (Phi) is 3.26. The summed E-state index contributed by atoms with van der Waals surface area (Å²) in [5.74, 6) is -0.542. The lowest BCUT2D eigenvalue weighted by Crippen LogP contribution is -2.25. The van der Waals surface area contributed by atoms with E-state index in [0.29, 0.717) is 0 Å². The number of carbonyl (C=O) groups excluding carboxylic acids is 1. The summed E-state index contributed by atoms with van der Waals surface area (Å²) in [6.45, 7) is 8.26. The molecule has 0 fully saturated rings. The summed E-state index contributed by atoms with van der Waals surface area (Å²) in [5, 5.41) is 8.50. The van der Waals surface area contributed by atoms with Crippen molar-refractivity contribution in [2.24, 2.45) is 0 Å². The minimum Gasteiger partial charge on any atom is -0.457 e. The van der Waals surface area contributed by atoms with Crippen LogP contribution in [0.3, 0.4) is 0 Å². The molecule has 3 nitrogen and oxygen atoms in total. The number of hydrogen-bond donors (Lipinski definition) is 1. The van der Waals surface area contributed by atoms with Crippen molar-refractivity contribution in [2.45, 2.75) is 26.4 Å². The van der Waals surface area contributed by atoms with Gasteiger partial charge in [0.2, 0.25) is 0 Å². The first-order valence-corrected chi connectivity index (χ1v) is 3.39. The molecule has 0 saturated heterocycles. The Bertz CT molecular complexity index is 165. The van der Waals surface area contributed by atoms with E-state index in [2.05, 4.69) is 6.58 Å². The SMILES string of the molecule is C=C(CO)C(=O)OC(C)(C)C. The summed E-state index contributed by atoms with van der Waals surface area (Å²) in [6.07, 6.45) is 0. The maximum Gasteiger partial charge on any atom is 0.336 e. The van der Waals surface area contributed by atoms with Gasteiger partial charge in [-0.15, -0.1) is 0 Å². The fraction of sp³-hybridized carbons (Fsp3) is 0.625. The first-order chi connectivity index (χ1) is 4.87. The molecule has 0 rings (SSSR count). The molecule has 0 aliphatic rings. The number of ether oxygens (including phenoxy) is 1. The minimum absolute atomic E-state index is 0.0833. The van der Waals surface area contributed by atoms with E-state index in [9.17, 15) is 4.79 Å². The Morgan fingerprint density at radius 3 is 2.27 bits per heavy atom. The van der Waals surface area contributed by atoms with Crippen LogP contribution in [0.5, 0.6) is 0 Å². The summed E-state index contributed by atoms with van der Waals surface area (Å²) in [5.41, 5.74) is -0.435. The van der Waals surface area contributed by atoms with Crippen molar-refractivity contribution in [3.8, 4) is 0 Å². The normalized spacial score (nSPS) is 10.9. The van der Waals surface area contributed by atoms with E-state index < -0.39 is 11.6 Å². The molecule has 0 atom stereocenters. The lowest BCUT2D eigenvalue weighted by molar-refractivity contribution is -0.150. The molecule has 0 spiro atoms. The predicted octanol–water partition coefficient (Wildman–Crippen LogP) is 0.877. The molecule has 0 aliphatic heterocycles. The van der Waals surface area contributed by atoms with Crippen molar-refractivity contribution < 1.29 is 14.6 Å². The van der Waals surface area contributed by atoms with E-state index in [0.717, 1.165) is 0 Å². The van der Waals surface area contributed by atoms with Gasteiger partial charge in [0, 0.05) is 0 Å². The molecule has 0 aliphatic carbocycles. The van der Waals surface area contributed by atoms with Crippen LogP contribution >= 0.6 is 0 Å². The molecule has 3 heteroatoms. The van der Waals surface area contributed by atoms with E-state index in [1.807, 2.05) is 0 Å². The van der Waals surface area contributed by atoms with Gasteiger partial charge in [-0.2, -0.15) is 0 Å². The number of rotatable bonds is 2. The average molecular weight is 158 g/mol. The van der Waals surface area contributed by atoms with Crippen LogP contribution in [0, 0.1) is 0 Å². The quantitative estimate of drug-likeness (QED) is 0.479. The van der Waals surface area contributed by atoms with Crippen LogP contribution in [0.15, 0.2) is 12.2 Å². The van der Waals surface area contributed by atoms with Crippen LogP contribution in [0.25, 0.3) is 0 Å². The third-order valence-electron chi connectivity index (χ3n) is 0.878. The van der Waals surface area contributed by atoms with Crippen molar-refractivity contribution in [2.75, 3.05) is 6.61 Å². The van der Waals surface area contributed by atoms with Gasteiger partial charge in [-0.25, -0.2) is 4.79 Å². The molecule has 0 saturated carbocycles. The summed E-state index contributed by atoms with van der Waals surface area (Å²) in [6, 6.07) is 0. The van der Waals surface area contributed by atoms with E-state index in [1.54, 1.807) is 20.8 Å². The molecule has 0 aromatic carbocycles. The Hall–Kier alpha value is -0.830. The molecule has 1 N–H and O–H groups in total. The Balaban J connectivity index is 3.99. The Morgan fingerprint density at radius 2 is 2.00 bits per heavy atom. The van der Waals surface area contributed by atoms with E-state index in [4.69, 9.17) is 9.84 Å². The van der Waals surface area contributed by atoms with Crippen molar-refractivity contribution in [1.82, 2.24) is 0 Å². The van der Waals surface area contributed by atoms with Gasteiger partial charge in [0.25, 0.3) is 0 Å². The standard InChI is InChI=1S/C8H14O3/c1-6(5-9)7(10)11-8(2,3)4/h9H,1,5H2,2-4H3. The van der Waals surface area contributed by atoms with Crippen molar-refractivity contribution >= 4 is 5.97 Å². The molecule has 0 amide bonds. The topological polar surface area (TPSA) is 46.5 Å². The minimum atomic E-state index is -0.542. The van der Waals surface area contributed by atoms with Crippen LogP contribution in [-0.2, 0) is 9.53 Å². The van der Waals surface area contributed by atoms with Crippen molar-refractivity contribution in [3.63, 3.8) is 0 Å². The Labute approximate surface area is 66.7 Å². The fourth-order valence-corrected chi connectivity index (χ4v) is 0.415. The Morgan fingerprint density at radius 1 is 1.55 bits per heavy atom. The van der Waals surface area contributed by atoms with Crippen LogP contribution in [-0.4, -0.2) is 23.3 Å². The van der Waals surface area contributed by atoms with E-state index in [1.165, 1.54) is 0 Å². The highest BCUT2D eigenvalue weighted by molar-refractivity contribution is 5.88. The fourth-order valence-electron chi connectivity index (χ4n) is 0.415. The molecule has 0 heterocycles. The van der Waals surface area contributed by atoms with Gasteiger partial charge < -0.3 is 9.84 Å². The van der Waals surface area contributed by atoms with Gasteiger partial charge in [-0.05, 0) is 20.8 Å². The summed E-state index contributed by atoms with van der Waals surface area (Å²) in [4.78, 5) is 10.9. The lowest BCUT2D eigenvalue weighted by Gasteiger charge is -2.19. The number of carbonyl (C=O) groups is 1. The zero-order valence-electron chi connectivity index (χ0n) is 7.18. The first-order valence-electron chi connectivity index (χ1n) is 3.39. The molecule has 0 bridgehead atoms. The van der Waals surface area contributed by atoms with Crippen LogP contribution in [0.4, 0.5) is 0 Å². The van der Waals surface area contributed by atoms with Crippen LogP contribution in [0.2, 0.25) is 0 Å².